The summed E-state index contributed by atoms with van der Waals surface area (Å²) in [4.78, 5) is 12.4. The molecule has 2 aromatic carbocycles. The molecule has 0 saturated carbocycles. The van der Waals surface area contributed by atoms with Gasteiger partial charge >= 0.3 is 0 Å². The third-order valence-electron chi connectivity index (χ3n) is 4.11. The topological polar surface area (TPSA) is 47.6 Å². The summed E-state index contributed by atoms with van der Waals surface area (Å²) in [6, 6.07) is 7.17. The first kappa shape index (κ1) is 19.5. The number of amides is 1. The Morgan fingerprint density at radius 3 is 2.89 bits per heavy atom. The van der Waals surface area contributed by atoms with Gasteiger partial charge in [-0.05, 0) is 38.1 Å². The van der Waals surface area contributed by atoms with Crippen LogP contribution in [-0.4, -0.2) is 24.4 Å². The van der Waals surface area contributed by atoms with E-state index in [1.54, 1.807) is 0 Å². The molecule has 1 aliphatic heterocycles. The highest BCUT2D eigenvalue weighted by molar-refractivity contribution is 8.00. The van der Waals surface area contributed by atoms with Crippen LogP contribution in [-0.2, 0) is 17.8 Å². The zero-order valence-electron chi connectivity index (χ0n) is 15.2. The van der Waals surface area contributed by atoms with Crippen molar-refractivity contribution in [3.63, 3.8) is 0 Å². The van der Waals surface area contributed by atoms with Gasteiger partial charge in [-0.3, -0.25) is 4.79 Å². The lowest BCUT2D eigenvalue weighted by atomic mass is 10.1. The van der Waals surface area contributed by atoms with E-state index in [1.165, 1.54) is 12.1 Å². The van der Waals surface area contributed by atoms with E-state index in [1.807, 2.05) is 26.0 Å². The van der Waals surface area contributed by atoms with Crippen molar-refractivity contribution < 1.29 is 23.0 Å². The molecule has 0 spiro atoms. The van der Waals surface area contributed by atoms with Crippen LogP contribution < -0.4 is 14.8 Å². The van der Waals surface area contributed by atoms with Gasteiger partial charge in [-0.2, -0.15) is 0 Å². The van der Waals surface area contributed by atoms with E-state index in [9.17, 15) is 13.6 Å². The van der Waals surface area contributed by atoms with Gasteiger partial charge in [0, 0.05) is 35.1 Å². The number of fused-ring (bicyclic) bond motifs is 1. The number of thioether (sulfide) groups is 1. The molecule has 2 aromatic rings. The molecule has 1 aliphatic rings. The van der Waals surface area contributed by atoms with Crippen LogP contribution >= 0.6 is 11.8 Å². The first-order valence-electron chi connectivity index (χ1n) is 8.76. The highest BCUT2D eigenvalue weighted by Crippen LogP contribution is 2.35. The van der Waals surface area contributed by atoms with E-state index >= 15 is 0 Å². The molecular weight excluding hydrogens is 372 g/mol. The molecule has 0 saturated heterocycles. The fourth-order valence-corrected chi connectivity index (χ4v) is 3.64. The fourth-order valence-electron chi connectivity index (χ4n) is 2.89. The lowest BCUT2D eigenvalue weighted by Crippen LogP contribution is -2.25. The minimum absolute atomic E-state index is 0.0327. The first-order valence-corrected chi connectivity index (χ1v) is 9.74. The van der Waals surface area contributed by atoms with Gasteiger partial charge in [0.25, 0.3) is 0 Å². The Kier molecular flexibility index (Phi) is 6.21. The molecule has 0 bridgehead atoms. The minimum Gasteiger partial charge on any atom is -0.494 e. The maximum Gasteiger partial charge on any atom is 0.230 e. The molecule has 144 valence electrons. The van der Waals surface area contributed by atoms with E-state index in [4.69, 9.17) is 9.47 Å². The summed E-state index contributed by atoms with van der Waals surface area (Å²) >= 11 is 1.02. The molecule has 7 heteroatoms. The highest BCUT2D eigenvalue weighted by Gasteiger charge is 2.22. The smallest absolute Gasteiger partial charge is 0.230 e. The van der Waals surface area contributed by atoms with Crippen LogP contribution in [0.2, 0.25) is 0 Å². The standard InChI is InChI=1S/C20H21F2NO3S/c1-3-25-17-7-13-6-12(2)26-18(13)8-14(17)10-23-20(24)11-27-19-5-4-15(21)9-16(19)22/h4-5,7-9,12H,3,6,10-11H2,1-2H3,(H,23,24)/t12-/m1/s1. The summed E-state index contributed by atoms with van der Waals surface area (Å²) in [5, 5.41) is 2.81. The summed E-state index contributed by atoms with van der Waals surface area (Å²) < 4.78 is 38.0. The van der Waals surface area contributed by atoms with Crippen molar-refractivity contribution in [2.24, 2.45) is 0 Å². The van der Waals surface area contributed by atoms with Crippen LogP contribution in [0.5, 0.6) is 11.5 Å². The normalized spacial score (nSPS) is 15.2. The van der Waals surface area contributed by atoms with Gasteiger partial charge in [-0.15, -0.1) is 11.8 Å². The number of rotatable bonds is 7. The number of nitrogens with one attached hydrogen (secondary N) is 1. The summed E-state index contributed by atoms with van der Waals surface area (Å²) in [6.07, 6.45) is 0.961. The Morgan fingerprint density at radius 1 is 1.33 bits per heavy atom. The quantitative estimate of drug-likeness (QED) is 0.720. The summed E-state index contributed by atoms with van der Waals surface area (Å²) in [7, 11) is 0. The third kappa shape index (κ3) is 4.91. The number of hydrogen-bond donors (Lipinski definition) is 1. The molecule has 1 atom stereocenters. The first-order chi connectivity index (χ1) is 13.0. The van der Waals surface area contributed by atoms with E-state index < -0.39 is 11.6 Å². The largest absolute Gasteiger partial charge is 0.494 e. The lowest BCUT2D eigenvalue weighted by Gasteiger charge is -2.13. The van der Waals surface area contributed by atoms with E-state index in [-0.39, 0.29) is 29.2 Å². The lowest BCUT2D eigenvalue weighted by molar-refractivity contribution is -0.118. The van der Waals surface area contributed by atoms with E-state index in [0.717, 1.165) is 46.9 Å². The molecule has 3 rings (SSSR count). The Morgan fingerprint density at radius 2 is 2.15 bits per heavy atom. The molecule has 0 aliphatic carbocycles. The molecule has 1 N–H and O–H groups in total. The molecule has 0 aromatic heterocycles. The van der Waals surface area contributed by atoms with Gasteiger partial charge in [0.1, 0.15) is 29.2 Å². The molecule has 4 nitrogen and oxygen atoms in total. The number of carbonyl (C=O) groups is 1. The molecule has 1 amide bonds. The maximum absolute atomic E-state index is 13.6. The van der Waals surface area contributed by atoms with Crippen LogP contribution in [0.15, 0.2) is 35.2 Å². The maximum atomic E-state index is 13.6. The number of ether oxygens (including phenoxy) is 2. The Labute approximate surface area is 161 Å². The van der Waals surface area contributed by atoms with Crippen molar-refractivity contribution in [2.75, 3.05) is 12.4 Å². The second kappa shape index (κ2) is 8.61. The van der Waals surface area contributed by atoms with Crippen molar-refractivity contribution in [1.82, 2.24) is 5.32 Å². The second-order valence-corrected chi connectivity index (χ2v) is 7.29. The molecule has 0 radical (unpaired) electrons. The van der Waals surface area contributed by atoms with Gasteiger partial charge in [-0.1, -0.05) is 0 Å². The van der Waals surface area contributed by atoms with Crippen LogP contribution in [0.1, 0.15) is 25.0 Å². The zero-order valence-corrected chi connectivity index (χ0v) is 16.0. The zero-order chi connectivity index (χ0) is 19.4. The van der Waals surface area contributed by atoms with Crippen molar-refractivity contribution in [3.05, 3.63) is 53.1 Å². The Bertz CT molecular complexity index is 844. The monoisotopic (exact) mass is 393 g/mol. The predicted molar refractivity (Wildman–Crippen MR) is 100 cm³/mol. The summed E-state index contributed by atoms with van der Waals surface area (Å²) in [5.74, 6) is 0.0185. The van der Waals surface area contributed by atoms with Gasteiger partial charge in [0.2, 0.25) is 5.91 Å². The fraction of sp³-hybridized carbons (Fsp3) is 0.350. The molecule has 0 unspecified atom stereocenters. The average molecular weight is 393 g/mol. The second-order valence-electron chi connectivity index (χ2n) is 6.27. The van der Waals surface area contributed by atoms with Crippen molar-refractivity contribution in [3.8, 4) is 11.5 Å². The van der Waals surface area contributed by atoms with Gasteiger partial charge in [-0.25, -0.2) is 8.78 Å². The van der Waals surface area contributed by atoms with Crippen LogP contribution in [0.25, 0.3) is 0 Å². The number of benzene rings is 2. The highest BCUT2D eigenvalue weighted by atomic mass is 32.2. The van der Waals surface area contributed by atoms with Crippen LogP contribution in [0, 0.1) is 11.6 Å². The average Bonchev–Trinajstić information content (AvgIpc) is 2.98. The molecular formula is C20H21F2NO3S. The minimum atomic E-state index is -0.670. The molecule has 27 heavy (non-hydrogen) atoms. The third-order valence-corrected chi connectivity index (χ3v) is 5.16. The molecule has 0 fully saturated rings. The number of carbonyl (C=O) groups excluding carboxylic acids is 1. The van der Waals surface area contributed by atoms with Crippen molar-refractivity contribution in [2.45, 2.75) is 37.8 Å². The SMILES string of the molecule is CCOc1cc2c(cc1CNC(=O)CSc1ccc(F)cc1F)O[C@H](C)C2. The van der Waals surface area contributed by atoms with E-state index in [2.05, 4.69) is 5.32 Å². The van der Waals surface area contributed by atoms with Crippen LogP contribution in [0.3, 0.4) is 0 Å². The predicted octanol–water partition coefficient (Wildman–Crippen LogP) is 4.10. The van der Waals surface area contributed by atoms with Crippen molar-refractivity contribution in [1.29, 1.82) is 0 Å². The number of halogens is 2. The van der Waals surface area contributed by atoms with Gasteiger partial charge < -0.3 is 14.8 Å². The Balaban J connectivity index is 1.60. The number of hydrogen-bond acceptors (Lipinski definition) is 4. The molecule has 1 heterocycles. The summed E-state index contributed by atoms with van der Waals surface area (Å²) in [6.45, 7) is 4.72. The van der Waals surface area contributed by atoms with Gasteiger partial charge in [0.05, 0.1) is 12.4 Å². The van der Waals surface area contributed by atoms with E-state index in [0.29, 0.717) is 6.61 Å². The van der Waals surface area contributed by atoms with Crippen molar-refractivity contribution >= 4 is 17.7 Å². The van der Waals surface area contributed by atoms with Crippen LogP contribution in [0.4, 0.5) is 8.78 Å². The Hall–Kier alpha value is -2.28. The summed E-state index contributed by atoms with van der Waals surface area (Å²) in [5.41, 5.74) is 1.93. The van der Waals surface area contributed by atoms with Gasteiger partial charge in [0.15, 0.2) is 0 Å².